The van der Waals surface area contributed by atoms with Gasteiger partial charge in [0.1, 0.15) is 11.6 Å². The molecule has 0 spiro atoms. The number of nitrogens with one attached hydrogen (secondary N) is 1. The number of benzene rings is 1. The third-order valence-electron chi connectivity index (χ3n) is 2.93. The molecular formula is C12H10N2O3. The molecule has 0 aliphatic carbocycles. The van der Waals surface area contributed by atoms with Crippen molar-refractivity contribution < 1.29 is 14.0 Å². The first-order chi connectivity index (χ1) is 8.16. The minimum Gasteiger partial charge on any atom is -0.464 e. The minimum atomic E-state index is -0.480. The van der Waals surface area contributed by atoms with Crippen LogP contribution in [0.3, 0.4) is 0 Å². The number of anilines is 1. The molecule has 2 aromatic rings. The predicted octanol–water partition coefficient (Wildman–Crippen LogP) is 1.88. The smallest absolute Gasteiger partial charge is 0.329 e. The van der Waals surface area contributed by atoms with Crippen LogP contribution in [0.2, 0.25) is 0 Å². The summed E-state index contributed by atoms with van der Waals surface area (Å²) in [6.07, 6.45) is 1.59. The number of amides is 3. The van der Waals surface area contributed by atoms with Crippen LogP contribution in [0.15, 0.2) is 34.9 Å². The Morgan fingerprint density at radius 3 is 2.82 bits per heavy atom. The van der Waals surface area contributed by atoms with Crippen LogP contribution >= 0.6 is 0 Å². The Morgan fingerprint density at radius 2 is 2.12 bits per heavy atom. The standard InChI is InChI=1S/C12H10N2O3/c1-7-11(15)13-12(16)14(7)9-2-3-10-8(6-9)4-5-17-10/h2-7H,1H3,(H,13,15,16). The van der Waals surface area contributed by atoms with E-state index in [1.54, 1.807) is 25.3 Å². The molecule has 3 amide bonds. The number of carbonyl (C=O) groups is 2. The van der Waals surface area contributed by atoms with Crippen molar-refractivity contribution in [3.05, 3.63) is 30.5 Å². The van der Waals surface area contributed by atoms with E-state index in [0.717, 1.165) is 11.0 Å². The van der Waals surface area contributed by atoms with E-state index in [0.29, 0.717) is 5.69 Å². The summed E-state index contributed by atoms with van der Waals surface area (Å²) >= 11 is 0. The maximum atomic E-state index is 11.6. The molecule has 2 heterocycles. The molecule has 17 heavy (non-hydrogen) atoms. The van der Waals surface area contributed by atoms with Crippen LogP contribution in [-0.4, -0.2) is 18.0 Å². The third kappa shape index (κ3) is 1.39. The van der Waals surface area contributed by atoms with E-state index >= 15 is 0 Å². The average molecular weight is 230 g/mol. The summed E-state index contributed by atoms with van der Waals surface area (Å²) in [5.41, 5.74) is 1.45. The van der Waals surface area contributed by atoms with Gasteiger partial charge in [-0.25, -0.2) is 4.79 Å². The second-order valence-electron chi connectivity index (χ2n) is 3.98. The molecule has 1 saturated heterocycles. The van der Waals surface area contributed by atoms with Crippen molar-refractivity contribution in [3.63, 3.8) is 0 Å². The molecular weight excluding hydrogens is 220 g/mol. The number of hydrogen-bond acceptors (Lipinski definition) is 3. The lowest BCUT2D eigenvalue weighted by Gasteiger charge is -2.18. The Bertz CT molecular complexity index is 617. The SMILES string of the molecule is CC1C(=O)NC(=O)N1c1ccc2occc2c1. The van der Waals surface area contributed by atoms with Crippen LogP contribution < -0.4 is 10.2 Å². The number of fused-ring (bicyclic) bond motifs is 1. The summed E-state index contributed by atoms with van der Waals surface area (Å²) in [5.74, 6) is -0.276. The quantitative estimate of drug-likeness (QED) is 0.761. The largest absolute Gasteiger partial charge is 0.464 e. The van der Waals surface area contributed by atoms with Crippen molar-refractivity contribution in [2.24, 2.45) is 0 Å². The second-order valence-corrected chi connectivity index (χ2v) is 3.98. The van der Waals surface area contributed by atoms with Crippen LogP contribution in [-0.2, 0) is 4.79 Å². The number of urea groups is 1. The highest BCUT2D eigenvalue weighted by Gasteiger charge is 2.35. The number of rotatable bonds is 1. The third-order valence-corrected chi connectivity index (χ3v) is 2.93. The van der Waals surface area contributed by atoms with Gasteiger partial charge in [0, 0.05) is 11.1 Å². The van der Waals surface area contributed by atoms with Gasteiger partial charge >= 0.3 is 6.03 Å². The number of imide groups is 1. The normalized spacial score (nSPS) is 20.1. The molecule has 5 heteroatoms. The first kappa shape index (κ1) is 9.89. The summed E-state index contributed by atoms with van der Waals surface area (Å²) in [7, 11) is 0. The summed E-state index contributed by atoms with van der Waals surface area (Å²) in [6.45, 7) is 1.69. The van der Waals surface area contributed by atoms with E-state index < -0.39 is 6.04 Å². The van der Waals surface area contributed by atoms with Gasteiger partial charge < -0.3 is 4.42 Å². The molecule has 1 aromatic heterocycles. The molecule has 86 valence electrons. The lowest BCUT2D eigenvalue weighted by molar-refractivity contribution is -0.119. The highest BCUT2D eigenvalue weighted by atomic mass is 16.3. The van der Waals surface area contributed by atoms with Gasteiger partial charge in [0.2, 0.25) is 0 Å². The van der Waals surface area contributed by atoms with Crippen LogP contribution in [0.4, 0.5) is 10.5 Å². The summed E-state index contributed by atoms with van der Waals surface area (Å²) in [5, 5.41) is 3.19. The molecule has 5 nitrogen and oxygen atoms in total. The van der Waals surface area contributed by atoms with Crippen molar-refractivity contribution >= 4 is 28.6 Å². The van der Waals surface area contributed by atoms with Gasteiger partial charge in [-0.15, -0.1) is 0 Å². The maximum absolute atomic E-state index is 11.6. The van der Waals surface area contributed by atoms with Crippen LogP contribution in [0, 0.1) is 0 Å². The molecule has 3 rings (SSSR count). The van der Waals surface area contributed by atoms with Gasteiger partial charge in [0.25, 0.3) is 5.91 Å². The fourth-order valence-electron chi connectivity index (χ4n) is 2.01. The Morgan fingerprint density at radius 1 is 1.29 bits per heavy atom. The maximum Gasteiger partial charge on any atom is 0.329 e. The zero-order valence-corrected chi connectivity index (χ0v) is 9.14. The van der Waals surface area contributed by atoms with E-state index in [1.165, 1.54) is 4.90 Å². The minimum absolute atomic E-state index is 0.276. The van der Waals surface area contributed by atoms with E-state index in [2.05, 4.69) is 5.32 Å². The van der Waals surface area contributed by atoms with Gasteiger partial charge in [-0.3, -0.25) is 15.0 Å². The lowest BCUT2D eigenvalue weighted by atomic mass is 10.2. The Hall–Kier alpha value is -2.30. The van der Waals surface area contributed by atoms with Crippen molar-refractivity contribution in [1.29, 1.82) is 0 Å². The van der Waals surface area contributed by atoms with E-state index in [-0.39, 0.29) is 11.9 Å². The molecule has 1 aliphatic rings. The summed E-state index contributed by atoms with van der Waals surface area (Å²) in [6, 6.07) is 6.33. The van der Waals surface area contributed by atoms with Gasteiger partial charge in [-0.1, -0.05) is 0 Å². The zero-order chi connectivity index (χ0) is 12.0. The molecule has 0 bridgehead atoms. The van der Waals surface area contributed by atoms with Crippen molar-refractivity contribution in [3.8, 4) is 0 Å². The molecule has 1 unspecified atom stereocenters. The van der Waals surface area contributed by atoms with Crippen molar-refractivity contribution in [2.45, 2.75) is 13.0 Å². The first-order valence-corrected chi connectivity index (χ1v) is 5.28. The zero-order valence-electron chi connectivity index (χ0n) is 9.14. The van der Waals surface area contributed by atoms with Gasteiger partial charge in [-0.05, 0) is 31.2 Å². The van der Waals surface area contributed by atoms with E-state index in [4.69, 9.17) is 4.42 Å². The Kier molecular flexibility index (Phi) is 1.95. The van der Waals surface area contributed by atoms with Crippen LogP contribution in [0.25, 0.3) is 11.0 Å². The number of carbonyl (C=O) groups excluding carboxylic acids is 2. The van der Waals surface area contributed by atoms with Crippen molar-refractivity contribution in [1.82, 2.24) is 5.32 Å². The van der Waals surface area contributed by atoms with Crippen molar-refractivity contribution in [2.75, 3.05) is 4.90 Å². The number of furan rings is 1. The lowest BCUT2D eigenvalue weighted by Crippen LogP contribution is -2.32. The molecule has 0 radical (unpaired) electrons. The Labute approximate surface area is 97.0 Å². The molecule has 1 fully saturated rings. The molecule has 1 atom stereocenters. The molecule has 1 aliphatic heterocycles. The van der Waals surface area contributed by atoms with Gasteiger partial charge in [0.15, 0.2) is 0 Å². The highest BCUT2D eigenvalue weighted by molar-refractivity contribution is 6.14. The summed E-state index contributed by atoms with van der Waals surface area (Å²) < 4.78 is 5.22. The number of hydrogen-bond donors (Lipinski definition) is 1. The van der Waals surface area contributed by atoms with E-state index in [9.17, 15) is 9.59 Å². The average Bonchev–Trinajstić information content (AvgIpc) is 2.84. The first-order valence-electron chi connectivity index (χ1n) is 5.28. The highest BCUT2D eigenvalue weighted by Crippen LogP contribution is 2.26. The monoisotopic (exact) mass is 230 g/mol. The predicted molar refractivity (Wildman–Crippen MR) is 61.7 cm³/mol. The van der Waals surface area contributed by atoms with Gasteiger partial charge in [-0.2, -0.15) is 0 Å². The Balaban J connectivity index is 2.08. The van der Waals surface area contributed by atoms with Crippen LogP contribution in [0.1, 0.15) is 6.92 Å². The molecule has 1 N–H and O–H groups in total. The molecule has 1 aromatic carbocycles. The fourth-order valence-corrected chi connectivity index (χ4v) is 2.01. The number of nitrogens with zero attached hydrogens (tertiary/aromatic N) is 1. The van der Waals surface area contributed by atoms with Gasteiger partial charge in [0.05, 0.1) is 6.26 Å². The fraction of sp³-hybridized carbons (Fsp3) is 0.167. The summed E-state index contributed by atoms with van der Waals surface area (Å²) in [4.78, 5) is 24.5. The molecule has 0 saturated carbocycles. The van der Waals surface area contributed by atoms with Crippen LogP contribution in [0.5, 0.6) is 0 Å². The second kappa shape index (κ2) is 3.35. The topological polar surface area (TPSA) is 62.6 Å². The van der Waals surface area contributed by atoms with E-state index in [1.807, 2.05) is 12.1 Å².